The van der Waals surface area contributed by atoms with E-state index in [1.807, 2.05) is 31.3 Å². The van der Waals surface area contributed by atoms with E-state index >= 15 is 0 Å². The fourth-order valence-corrected chi connectivity index (χ4v) is 2.22. The second-order valence-corrected chi connectivity index (χ2v) is 5.91. The van der Waals surface area contributed by atoms with Crippen molar-refractivity contribution < 1.29 is 32.2 Å². The zero-order valence-electron chi connectivity index (χ0n) is 14.7. The molecule has 0 unspecified atom stereocenters. The third-order valence-corrected chi connectivity index (χ3v) is 3.56. The van der Waals surface area contributed by atoms with Crippen molar-refractivity contribution in [2.24, 2.45) is 0 Å². The Morgan fingerprint density at radius 3 is 2.41 bits per heavy atom. The Bertz CT molecular complexity index is 840. The van der Waals surface area contributed by atoms with E-state index in [1.165, 1.54) is 0 Å². The Hall–Kier alpha value is -3.03. The lowest BCUT2D eigenvalue weighted by atomic mass is 10.0. The molecule has 0 aliphatic rings. The Morgan fingerprint density at radius 2 is 1.70 bits per heavy atom. The number of hydrogen-bond donors (Lipinski definition) is 1. The van der Waals surface area contributed by atoms with E-state index in [-0.39, 0.29) is 5.92 Å². The maximum Gasteiger partial charge on any atom is 0.344 e. The van der Waals surface area contributed by atoms with Crippen molar-refractivity contribution in [3.8, 4) is 5.75 Å². The molecule has 0 fully saturated rings. The molecule has 0 saturated carbocycles. The van der Waals surface area contributed by atoms with Crippen LogP contribution < -0.4 is 10.1 Å². The van der Waals surface area contributed by atoms with Gasteiger partial charge in [0, 0.05) is 0 Å². The number of carbonyl (C=O) groups excluding carboxylic acids is 2. The predicted octanol–water partition coefficient (Wildman–Crippen LogP) is 3.79. The zero-order chi connectivity index (χ0) is 20.0. The summed E-state index contributed by atoms with van der Waals surface area (Å²) in [6, 6.07) is 8.72. The smallest absolute Gasteiger partial charge is 0.344 e. The molecule has 144 valence electrons. The van der Waals surface area contributed by atoms with E-state index in [4.69, 9.17) is 9.47 Å². The Balaban J connectivity index is 1.84. The Labute approximate surface area is 154 Å². The van der Waals surface area contributed by atoms with E-state index in [0.717, 1.165) is 11.6 Å². The lowest BCUT2D eigenvalue weighted by molar-refractivity contribution is -0.149. The summed E-state index contributed by atoms with van der Waals surface area (Å²) in [4.78, 5) is 23.4. The highest BCUT2D eigenvalue weighted by Crippen LogP contribution is 2.25. The first kappa shape index (κ1) is 20.3. The number of para-hydroxylation sites is 1. The standard InChI is InChI=1S/C19H18F3NO4/c1-11(2)12-5-3-4-6-15(12)26-10-17(25)27-9-16(24)23-14-8-7-13(20)18(21)19(14)22/h3-8,11H,9-10H2,1-2H3,(H,23,24). The number of anilines is 1. The number of ether oxygens (including phenoxy) is 2. The molecule has 0 aliphatic carbocycles. The van der Waals surface area contributed by atoms with Crippen molar-refractivity contribution in [2.45, 2.75) is 19.8 Å². The first-order valence-corrected chi connectivity index (χ1v) is 8.10. The summed E-state index contributed by atoms with van der Waals surface area (Å²) in [6.07, 6.45) is 0. The van der Waals surface area contributed by atoms with Crippen LogP contribution in [0.15, 0.2) is 36.4 Å². The van der Waals surface area contributed by atoms with Gasteiger partial charge in [0.05, 0.1) is 5.69 Å². The summed E-state index contributed by atoms with van der Waals surface area (Å²) in [5.74, 6) is -5.63. The molecule has 2 rings (SSSR count). The van der Waals surface area contributed by atoms with Crippen LogP contribution in [0, 0.1) is 17.5 Å². The molecule has 1 N–H and O–H groups in total. The maximum atomic E-state index is 13.5. The first-order valence-electron chi connectivity index (χ1n) is 8.10. The van der Waals surface area contributed by atoms with Gasteiger partial charge in [-0.3, -0.25) is 4.79 Å². The lowest BCUT2D eigenvalue weighted by Gasteiger charge is -2.13. The normalized spacial score (nSPS) is 10.6. The Kier molecular flexibility index (Phi) is 6.81. The highest BCUT2D eigenvalue weighted by Gasteiger charge is 2.16. The summed E-state index contributed by atoms with van der Waals surface area (Å²) in [5.41, 5.74) is 0.355. The van der Waals surface area contributed by atoms with E-state index in [2.05, 4.69) is 0 Å². The van der Waals surface area contributed by atoms with Crippen LogP contribution in [0.5, 0.6) is 5.75 Å². The number of hydrogen-bond acceptors (Lipinski definition) is 4. The summed E-state index contributed by atoms with van der Waals surface area (Å²) in [7, 11) is 0. The average Bonchev–Trinajstić information content (AvgIpc) is 2.65. The van der Waals surface area contributed by atoms with Gasteiger partial charge in [-0.1, -0.05) is 32.0 Å². The molecule has 0 bridgehead atoms. The molecule has 0 aliphatic heterocycles. The van der Waals surface area contributed by atoms with Crippen LogP contribution in [0.2, 0.25) is 0 Å². The molecular formula is C19H18F3NO4. The van der Waals surface area contributed by atoms with Crippen molar-refractivity contribution >= 4 is 17.6 Å². The van der Waals surface area contributed by atoms with E-state index in [9.17, 15) is 22.8 Å². The molecular weight excluding hydrogens is 363 g/mol. The quantitative estimate of drug-likeness (QED) is 0.586. The monoisotopic (exact) mass is 381 g/mol. The van der Waals surface area contributed by atoms with Crippen LogP contribution in [0.4, 0.5) is 18.9 Å². The summed E-state index contributed by atoms with van der Waals surface area (Å²) < 4.78 is 49.5. The molecule has 2 aromatic carbocycles. The van der Waals surface area contributed by atoms with E-state index < -0.39 is 48.2 Å². The first-order chi connectivity index (χ1) is 12.8. The van der Waals surface area contributed by atoms with E-state index in [0.29, 0.717) is 11.8 Å². The SMILES string of the molecule is CC(C)c1ccccc1OCC(=O)OCC(=O)Nc1ccc(F)c(F)c1F. The molecule has 0 radical (unpaired) electrons. The minimum Gasteiger partial charge on any atom is -0.482 e. The van der Waals surface area contributed by atoms with Gasteiger partial charge in [0.25, 0.3) is 5.91 Å². The lowest BCUT2D eigenvalue weighted by Crippen LogP contribution is -2.24. The van der Waals surface area contributed by atoms with Gasteiger partial charge < -0.3 is 14.8 Å². The zero-order valence-corrected chi connectivity index (χ0v) is 14.7. The van der Waals surface area contributed by atoms with Crippen molar-refractivity contribution in [3.05, 3.63) is 59.4 Å². The highest BCUT2D eigenvalue weighted by molar-refractivity contribution is 5.93. The summed E-state index contributed by atoms with van der Waals surface area (Å²) in [5, 5.41) is 1.99. The van der Waals surface area contributed by atoms with Crippen molar-refractivity contribution in [2.75, 3.05) is 18.5 Å². The molecule has 27 heavy (non-hydrogen) atoms. The van der Waals surface area contributed by atoms with Crippen LogP contribution in [-0.2, 0) is 14.3 Å². The summed E-state index contributed by atoms with van der Waals surface area (Å²) in [6.45, 7) is 2.80. The number of amides is 1. The second-order valence-electron chi connectivity index (χ2n) is 5.91. The van der Waals surface area contributed by atoms with Crippen LogP contribution in [0.3, 0.4) is 0 Å². The average molecular weight is 381 g/mol. The minimum atomic E-state index is -1.71. The molecule has 1 amide bonds. The number of halogens is 3. The largest absolute Gasteiger partial charge is 0.482 e. The maximum absolute atomic E-state index is 13.5. The van der Waals surface area contributed by atoms with Gasteiger partial charge in [-0.25, -0.2) is 18.0 Å². The predicted molar refractivity (Wildman–Crippen MR) is 91.9 cm³/mol. The minimum absolute atomic E-state index is 0.189. The number of esters is 1. The molecule has 0 saturated heterocycles. The van der Waals surface area contributed by atoms with E-state index in [1.54, 1.807) is 12.1 Å². The number of nitrogens with one attached hydrogen (secondary N) is 1. The van der Waals surface area contributed by atoms with Gasteiger partial charge in [-0.05, 0) is 29.7 Å². The van der Waals surface area contributed by atoms with Gasteiger partial charge in [-0.2, -0.15) is 0 Å². The molecule has 0 heterocycles. The highest BCUT2D eigenvalue weighted by atomic mass is 19.2. The Morgan fingerprint density at radius 1 is 1.00 bits per heavy atom. The topological polar surface area (TPSA) is 64.6 Å². The third kappa shape index (κ3) is 5.47. The summed E-state index contributed by atoms with van der Waals surface area (Å²) >= 11 is 0. The third-order valence-electron chi connectivity index (χ3n) is 3.56. The van der Waals surface area contributed by atoms with Gasteiger partial charge in [0.2, 0.25) is 0 Å². The molecule has 2 aromatic rings. The van der Waals surface area contributed by atoms with Gasteiger partial charge in [0.15, 0.2) is 30.7 Å². The van der Waals surface area contributed by atoms with Gasteiger partial charge in [0.1, 0.15) is 5.75 Å². The van der Waals surface area contributed by atoms with Gasteiger partial charge in [-0.15, -0.1) is 0 Å². The van der Waals surface area contributed by atoms with Crippen molar-refractivity contribution in [3.63, 3.8) is 0 Å². The number of benzene rings is 2. The molecule has 8 heteroatoms. The molecule has 0 atom stereocenters. The van der Waals surface area contributed by atoms with Crippen molar-refractivity contribution in [1.82, 2.24) is 0 Å². The fraction of sp³-hybridized carbons (Fsp3) is 0.263. The van der Waals surface area contributed by atoms with Gasteiger partial charge >= 0.3 is 5.97 Å². The van der Waals surface area contributed by atoms with Crippen LogP contribution >= 0.6 is 0 Å². The molecule has 5 nitrogen and oxygen atoms in total. The van der Waals surface area contributed by atoms with Crippen LogP contribution in [-0.4, -0.2) is 25.1 Å². The van der Waals surface area contributed by atoms with Crippen LogP contribution in [0.1, 0.15) is 25.3 Å². The molecule has 0 aromatic heterocycles. The fourth-order valence-electron chi connectivity index (χ4n) is 2.22. The van der Waals surface area contributed by atoms with Crippen LogP contribution in [0.25, 0.3) is 0 Å². The second kappa shape index (κ2) is 9.07. The number of rotatable bonds is 7. The molecule has 0 spiro atoms. The van der Waals surface area contributed by atoms with Crippen molar-refractivity contribution in [1.29, 1.82) is 0 Å². The number of carbonyl (C=O) groups is 2.